The van der Waals surface area contributed by atoms with Crippen LogP contribution in [0.4, 0.5) is 4.79 Å². The van der Waals surface area contributed by atoms with Gasteiger partial charge >= 0.3 is 12.0 Å². The standard InChI is InChI=1S/C12H23N3O4/c1-14(2)9-4-6-15(7-5-9)12(18)13-8-10(19-3)11(16)17/h9-10H,4-8H2,1-3H3,(H,13,18)(H,16,17). The molecule has 1 fully saturated rings. The second-order valence-corrected chi connectivity index (χ2v) is 4.93. The molecule has 0 saturated carbocycles. The van der Waals surface area contributed by atoms with Crippen molar-refractivity contribution in [2.45, 2.75) is 25.0 Å². The first kappa shape index (κ1) is 15.7. The molecule has 0 radical (unpaired) electrons. The summed E-state index contributed by atoms with van der Waals surface area (Å²) in [6, 6.07) is 0.287. The predicted molar refractivity (Wildman–Crippen MR) is 70.1 cm³/mol. The monoisotopic (exact) mass is 273 g/mol. The predicted octanol–water partition coefficient (Wildman–Crippen LogP) is -0.178. The summed E-state index contributed by atoms with van der Waals surface area (Å²) in [6.45, 7) is 1.37. The molecule has 1 rings (SSSR count). The second kappa shape index (κ2) is 7.30. The van der Waals surface area contributed by atoms with E-state index in [-0.39, 0.29) is 12.6 Å². The Bertz CT molecular complexity index is 314. The average molecular weight is 273 g/mol. The van der Waals surface area contributed by atoms with E-state index in [0.29, 0.717) is 19.1 Å². The Kier molecular flexibility index (Phi) is 6.04. The highest BCUT2D eigenvalue weighted by Crippen LogP contribution is 2.13. The van der Waals surface area contributed by atoms with Crippen molar-refractivity contribution in [3.63, 3.8) is 0 Å². The number of piperidine rings is 1. The maximum Gasteiger partial charge on any atom is 0.334 e. The Morgan fingerprint density at radius 2 is 2.00 bits per heavy atom. The molecule has 1 unspecified atom stereocenters. The average Bonchev–Trinajstić information content (AvgIpc) is 2.38. The number of urea groups is 1. The van der Waals surface area contributed by atoms with Gasteiger partial charge in [-0.3, -0.25) is 0 Å². The molecular weight excluding hydrogens is 250 g/mol. The van der Waals surface area contributed by atoms with Crippen LogP contribution in [0.25, 0.3) is 0 Å². The molecule has 1 aliphatic rings. The fourth-order valence-corrected chi connectivity index (χ4v) is 2.15. The smallest absolute Gasteiger partial charge is 0.334 e. The van der Waals surface area contributed by atoms with Crippen LogP contribution in [0.2, 0.25) is 0 Å². The minimum atomic E-state index is -1.07. The minimum Gasteiger partial charge on any atom is -0.479 e. The number of hydrogen-bond acceptors (Lipinski definition) is 4. The van der Waals surface area contributed by atoms with Crippen LogP contribution in [-0.2, 0) is 9.53 Å². The van der Waals surface area contributed by atoms with E-state index in [0.717, 1.165) is 12.8 Å². The van der Waals surface area contributed by atoms with Gasteiger partial charge in [0.2, 0.25) is 0 Å². The van der Waals surface area contributed by atoms with Gasteiger partial charge in [0.25, 0.3) is 0 Å². The third-order valence-corrected chi connectivity index (χ3v) is 3.48. The number of amides is 2. The Labute approximate surface area is 113 Å². The van der Waals surface area contributed by atoms with Crippen LogP contribution >= 0.6 is 0 Å². The van der Waals surface area contributed by atoms with Gasteiger partial charge in [0.1, 0.15) is 0 Å². The highest BCUT2D eigenvalue weighted by Gasteiger charge is 2.25. The van der Waals surface area contributed by atoms with Gasteiger partial charge in [-0.25, -0.2) is 9.59 Å². The van der Waals surface area contributed by atoms with Gasteiger partial charge in [-0.05, 0) is 26.9 Å². The minimum absolute atomic E-state index is 0.0156. The number of aliphatic carboxylic acids is 1. The van der Waals surface area contributed by atoms with E-state index in [9.17, 15) is 9.59 Å². The maximum absolute atomic E-state index is 11.9. The van der Waals surface area contributed by atoms with Gasteiger partial charge in [-0.2, -0.15) is 0 Å². The molecule has 2 N–H and O–H groups in total. The lowest BCUT2D eigenvalue weighted by Gasteiger charge is -2.35. The second-order valence-electron chi connectivity index (χ2n) is 4.93. The van der Waals surface area contributed by atoms with E-state index in [1.165, 1.54) is 7.11 Å². The molecule has 0 aromatic rings. The number of methoxy groups -OCH3 is 1. The third kappa shape index (κ3) is 4.68. The Balaban J connectivity index is 2.33. The van der Waals surface area contributed by atoms with Gasteiger partial charge in [-0.15, -0.1) is 0 Å². The van der Waals surface area contributed by atoms with Crippen molar-refractivity contribution in [3.8, 4) is 0 Å². The quantitative estimate of drug-likeness (QED) is 0.726. The molecule has 0 aliphatic carbocycles. The number of nitrogens with zero attached hydrogens (tertiary/aromatic N) is 2. The number of hydrogen-bond donors (Lipinski definition) is 2. The van der Waals surface area contributed by atoms with Gasteiger partial charge in [-0.1, -0.05) is 0 Å². The molecule has 7 nitrogen and oxygen atoms in total. The van der Waals surface area contributed by atoms with E-state index >= 15 is 0 Å². The highest BCUT2D eigenvalue weighted by molar-refractivity contribution is 5.77. The van der Waals surface area contributed by atoms with Crippen molar-refractivity contribution in [2.75, 3.05) is 40.8 Å². The van der Waals surface area contributed by atoms with Gasteiger partial charge in [0, 0.05) is 26.2 Å². The van der Waals surface area contributed by atoms with Crippen molar-refractivity contribution in [3.05, 3.63) is 0 Å². The molecule has 1 saturated heterocycles. The zero-order chi connectivity index (χ0) is 14.4. The largest absolute Gasteiger partial charge is 0.479 e. The first-order chi connectivity index (χ1) is 8.95. The molecule has 110 valence electrons. The molecule has 7 heteroatoms. The van der Waals surface area contributed by atoms with Crippen molar-refractivity contribution in [1.82, 2.24) is 15.1 Å². The molecule has 1 aliphatic heterocycles. The molecule has 0 aromatic carbocycles. The first-order valence-corrected chi connectivity index (χ1v) is 6.40. The zero-order valence-electron chi connectivity index (χ0n) is 11.8. The Hall–Kier alpha value is -1.34. The van der Waals surface area contributed by atoms with Crippen LogP contribution in [0, 0.1) is 0 Å². The zero-order valence-corrected chi connectivity index (χ0v) is 11.8. The lowest BCUT2D eigenvalue weighted by atomic mass is 10.0. The molecule has 0 spiro atoms. The van der Waals surface area contributed by atoms with Gasteiger partial charge < -0.3 is 25.0 Å². The number of carboxylic acids is 1. The molecule has 1 atom stereocenters. The fraction of sp³-hybridized carbons (Fsp3) is 0.833. The van der Waals surface area contributed by atoms with Crippen molar-refractivity contribution < 1.29 is 19.4 Å². The van der Waals surface area contributed by atoms with Crippen LogP contribution in [0.15, 0.2) is 0 Å². The number of carboxylic acid groups (broad SMARTS) is 1. The summed E-state index contributed by atoms with van der Waals surface area (Å²) in [7, 11) is 5.39. The number of ether oxygens (including phenoxy) is 1. The number of carbonyl (C=O) groups is 2. The van der Waals surface area contributed by atoms with Gasteiger partial charge in [0.05, 0.1) is 6.54 Å². The Morgan fingerprint density at radius 3 is 2.42 bits per heavy atom. The number of carbonyl (C=O) groups excluding carboxylic acids is 1. The van der Waals surface area contributed by atoms with E-state index in [4.69, 9.17) is 9.84 Å². The number of rotatable bonds is 5. The van der Waals surface area contributed by atoms with E-state index in [1.807, 2.05) is 14.1 Å². The van der Waals surface area contributed by atoms with Crippen LogP contribution in [0.5, 0.6) is 0 Å². The highest BCUT2D eigenvalue weighted by atomic mass is 16.5. The van der Waals surface area contributed by atoms with Crippen LogP contribution in [0.3, 0.4) is 0 Å². The molecular formula is C12H23N3O4. The molecule has 2 amide bonds. The van der Waals surface area contributed by atoms with Crippen molar-refractivity contribution in [2.24, 2.45) is 0 Å². The van der Waals surface area contributed by atoms with E-state index in [1.54, 1.807) is 4.90 Å². The number of nitrogens with one attached hydrogen (secondary N) is 1. The van der Waals surface area contributed by atoms with Crippen LogP contribution < -0.4 is 5.32 Å². The van der Waals surface area contributed by atoms with E-state index < -0.39 is 12.1 Å². The summed E-state index contributed by atoms with van der Waals surface area (Å²) >= 11 is 0. The van der Waals surface area contributed by atoms with Crippen LogP contribution in [-0.4, -0.2) is 79.9 Å². The third-order valence-electron chi connectivity index (χ3n) is 3.48. The summed E-state index contributed by atoms with van der Waals surface area (Å²) in [6.07, 6.45) is 0.878. The summed E-state index contributed by atoms with van der Waals surface area (Å²) in [5.41, 5.74) is 0. The Morgan fingerprint density at radius 1 is 1.42 bits per heavy atom. The normalized spacial score (nSPS) is 18.4. The lowest BCUT2D eigenvalue weighted by molar-refractivity contribution is -0.148. The maximum atomic E-state index is 11.9. The van der Waals surface area contributed by atoms with Crippen molar-refractivity contribution >= 4 is 12.0 Å². The van der Waals surface area contributed by atoms with E-state index in [2.05, 4.69) is 10.2 Å². The van der Waals surface area contributed by atoms with Crippen LogP contribution in [0.1, 0.15) is 12.8 Å². The summed E-state index contributed by atoms with van der Waals surface area (Å²) in [5, 5.41) is 11.4. The summed E-state index contributed by atoms with van der Waals surface area (Å²) in [4.78, 5) is 26.5. The topological polar surface area (TPSA) is 82.1 Å². The molecule has 1 heterocycles. The van der Waals surface area contributed by atoms with Crippen molar-refractivity contribution in [1.29, 1.82) is 0 Å². The molecule has 19 heavy (non-hydrogen) atoms. The lowest BCUT2D eigenvalue weighted by Crippen LogP contribution is -2.50. The molecule has 0 aromatic heterocycles. The first-order valence-electron chi connectivity index (χ1n) is 6.40. The van der Waals surface area contributed by atoms with Gasteiger partial charge in [0.15, 0.2) is 6.10 Å². The number of likely N-dealkylation sites (tertiary alicyclic amines) is 1. The fourth-order valence-electron chi connectivity index (χ4n) is 2.15. The summed E-state index contributed by atoms with van der Waals surface area (Å²) in [5.74, 6) is -1.07. The summed E-state index contributed by atoms with van der Waals surface area (Å²) < 4.78 is 4.76. The molecule has 0 bridgehead atoms. The SMILES string of the molecule is COC(CNC(=O)N1CCC(N(C)C)CC1)C(=O)O.